The van der Waals surface area contributed by atoms with Crippen molar-refractivity contribution in [3.8, 4) is 0 Å². The van der Waals surface area contributed by atoms with E-state index in [1.165, 1.54) is 7.11 Å². The Morgan fingerprint density at radius 1 is 1.53 bits per heavy atom. The molecule has 0 heterocycles. The molecular weight excluding hydrogens is 192 g/mol. The molecule has 0 bridgehead atoms. The first-order valence-electron chi connectivity index (χ1n) is 4.64. The zero-order valence-corrected chi connectivity index (χ0v) is 8.64. The number of esters is 1. The molecule has 0 radical (unpaired) electrons. The standard InChI is InChI=1S/C12H14O3/c1-3-9(8-13)10-4-6-11(7-5-10)12(14)15-2/h3-7,9,13H,1,8H2,2H3/t9-/m0/s1. The largest absolute Gasteiger partial charge is 0.465 e. The van der Waals surface area contributed by atoms with Crippen molar-refractivity contribution in [2.45, 2.75) is 5.92 Å². The summed E-state index contributed by atoms with van der Waals surface area (Å²) in [6.07, 6.45) is 1.67. The summed E-state index contributed by atoms with van der Waals surface area (Å²) in [5.74, 6) is -0.447. The fraction of sp³-hybridized carbons (Fsp3) is 0.250. The molecule has 0 saturated heterocycles. The van der Waals surface area contributed by atoms with Crippen molar-refractivity contribution in [1.82, 2.24) is 0 Å². The van der Waals surface area contributed by atoms with E-state index >= 15 is 0 Å². The summed E-state index contributed by atoms with van der Waals surface area (Å²) >= 11 is 0. The van der Waals surface area contributed by atoms with Crippen molar-refractivity contribution in [3.05, 3.63) is 48.0 Å². The molecule has 3 nitrogen and oxygen atoms in total. The zero-order valence-electron chi connectivity index (χ0n) is 8.64. The molecule has 0 aromatic heterocycles. The third-order valence-electron chi connectivity index (χ3n) is 2.24. The highest BCUT2D eigenvalue weighted by Gasteiger charge is 2.08. The second kappa shape index (κ2) is 5.32. The average Bonchev–Trinajstić information content (AvgIpc) is 2.30. The van der Waals surface area contributed by atoms with Crippen LogP contribution in [0.3, 0.4) is 0 Å². The van der Waals surface area contributed by atoms with E-state index in [9.17, 15) is 4.79 Å². The molecule has 80 valence electrons. The summed E-state index contributed by atoms with van der Waals surface area (Å²) in [6.45, 7) is 3.65. The first-order valence-corrected chi connectivity index (χ1v) is 4.64. The number of benzene rings is 1. The zero-order chi connectivity index (χ0) is 11.3. The predicted octanol–water partition coefficient (Wildman–Crippen LogP) is 1.74. The predicted molar refractivity (Wildman–Crippen MR) is 57.8 cm³/mol. The van der Waals surface area contributed by atoms with Crippen LogP contribution in [-0.4, -0.2) is 24.8 Å². The van der Waals surface area contributed by atoms with Crippen molar-refractivity contribution < 1.29 is 14.6 Å². The van der Waals surface area contributed by atoms with Gasteiger partial charge in [-0.1, -0.05) is 18.2 Å². The number of ether oxygens (including phenoxy) is 1. The molecule has 15 heavy (non-hydrogen) atoms. The molecule has 1 N–H and O–H groups in total. The molecule has 0 saturated carbocycles. The summed E-state index contributed by atoms with van der Waals surface area (Å²) in [4.78, 5) is 11.1. The smallest absolute Gasteiger partial charge is 0.337 e. The normalized spacial score (nSPS) is 11.9. The fourth-order valence-electron chi connectivity index (χ4n) is 1.30. The van der Waals surface area contributed by atoms with Crippen LogP contribution in [-0.2, 0) is 4.74 Å². The molecule has 1 aromatic rings. The van der Waals surface area contributed by atoms with Gasteiger partial charge in [0.05, 0.1) is 19.3 Å². The maximum absolute atomic E-state index is 11.1. The van der Waals surface area contributed by atoms with E-state index in [0.29, 0.717) is 5.56 Å². The van der Waals surface area contributed by atoms with Crippen LogP contribution in [0.15, 0.2) is 36.9 Å². The highest BCUT2D eigenvalue weighted by atomic mass is 16.5. The van der Waals surface area contributed by atoms with Gasteiger partial charge < -0.3 is 9.84 Å². The van der Waals surface area contributed by atoms with Gasteiger partial charge in [-0.05, 0) is 17.7 Å². The quantitative estimate of drug-likeness (QED) is 0.603. The van der Waals surface area contributed by atoms with E-state index in [2.05, 4.69) is 11.3 Å². The minimum atomic E-state index is -0.360. The number of hydrogen-bond donors (Lipinski definition) is 1. The van der Waals surface area contributed by atoms with E-state index in [-0.39, 0.29) is 18.5 Å². The van der Waals surface area contributed by atoms with Crippen LogP contribution >= 0.6 is 0 Å². The van der Waals surface area contributed by atoms with E-state index in [0.717, 1.165) is 5.56 Å². The second-order valence-corrected chi connectivity index (χ2v) is 3.14. The Morgan fingerprint density at radius 2 is 2.13 bits per heavy atom. The third-order valence-corrected chi connectivity index (χ3v) is 2.24. The van der Waals surface area contributed by atoms with Gasteiger partial charge in [0.15, 0.2) is 0 Å². The van der Waals surface area contributed by atoms with Crippen molar-refractivity contribution in [2.24, 2.45) is 0 Å². The van der Waals surface area contributed by atoms with Crippen LogP contribution < -0.4 is 0 Å². The molecule has 0 fully saturated rings. The number of rotatable bonds is 4. The number of aliphatic hydroxyl groups excluding tert-OH is 1. The number of aliphatic hydroxyl groups is 1. The summed E-state index contributed by atoms with van der Waals surface area (Å²) in [5.41, 5.74) is 1.43. The highest BCUT2D eigenvalue weighted by molar-refractivity contribution is 5.89. The summed E-state index contributed by atoms with van der Waals surface area (Å²) in [6, 6.07) is 6.92. The Hall–Kier alpha value is -1.61. The lowest BCUT2D eigenvalue weighted by atomic mass is 9.99. The van der Waals surface area contributed by atoms with Gasteiger partial charge in [-0.25, -0.2) is 4.79 Å². The Balaban J connectivity index is 2.89. The van der Waals surface area contributed by atoms with Gasteiger partial charge in [0.2, 0.25) is 0 Å². The maximum atomic E-state index is 11.1. The maximum Gasteiger partial charge on any atom is 0.337 e. The van der Waals surface area contributed by atoms with E-state index in [4.69, 9.17) is 5.11 Å². The second-order valence-electron chi connectivity index (χ2n) is 3.14. The van der Waals surface area contributed by atoms with Gasteiger partial charge in [-0.15, -0.1) is 6.58 Å². The lowest BCUT2D eigenvalue weighted by Gasteiger charge is -2.09. The van der Waals surface area contributed by atoms with Crippen LogP contribution in [0.1, 0.15) is 21.8 Å². The first kappa shape index (κ1) is 11.5. The Kier molecular flexibility index (Phi) is 4.06. The number of carbonyl (C=O) groups is 1. The van der Waals surface area contributed by atoms with Crippen molar-refractivity contribution >= 4 is 5.97 Å². The van der Waals surface area contributed by atoms with Crippen LogP contribution in [0.4, 0.5) is 0 Å². The van der Waals surface area contributed by atoms with Crippen LogP contribution in [0.2, 0.25) is 0 Å². The van der Waals surface area contributed by atoms with E-state index in [1.54, 1.807) is 30.3 Å². The minimum Gasteiger partial charge on any atom is -0.465 e. The third kappa shape index (κ3) is 2.67. The van der Waals surface area contributed by atoms with Crippen LogP contribution in [0.25, 0.3) is 0 Å². The number of hydrogen-bond acceptors (Lipinski definition) is 3. The highest BCUT2D eigenvalue weighted by Crippen LogP contribution is 2.17. The SMILES string of the molecule is C=C[C@@H](CO)c1ccc(C(=O)OC)cc1. The lowest BCUT2D eigenvalue weighted by molar-refractivity contribution is 0.0600. The monoisotopic (exact) mass is 206 g/mol. The van der Waals surface area contributed by atoms with Crippen molar-refractivity contribution in [2.75, 3.05) is 13.7 Å². The van der Waals surface area contributed by atoms with Gasteiger partial charge >= 0.3 is 5.97 Å². The van der Waals surface area contributed by atoms with Crippen molar-refractivity contribution in [1.29, 1.82) is 0 Å². The summed E-state index contributed by atoms with van der Waals surface area (Å²) in [5, 5.41) is 9.04. The topological polar surface area (TPSA) is 46.5 Å². The van der Waals surface area contributed by atoms with Crippen molar-refractivity contribution in [3.63, 3.8) is 0 Å². The molecule has 0 unspecified atom stereocenters. The molecule has 0 spiro atoms. The Bertz CT molecular complexity index is 340. The molecule has 0 aliphatic carbocycles. The molecule has 1 aromatic carbocycles. The average molecular weight is 206 g/mol. The Morgan fingerprint density at radius 3 is 2.53 bits per heavy atom. The summed E-state index contributed by atoms with van der Waals surface area (Å²) < 4.78 is 4.58. The van der Waals surface area contributed by atoms with Crippen LogP contribution in [0, 0.1) is 0 Å². The Labute approximate surface area is 89.0 Å². The molecular formula is C12H14O3. The molecule has 0 aliphatic rings. The lowest BCUT2D eigenvalue weighted by Crippen LogP contribution is -2.03. The number of methoxy groups -OCH3 is 1. The first-order chi connectivity index (χ1) is 7.22. The summed E-state index contributed by atoms with van der Waals surface area (Å²) in [7, 11) is 1.34. The van der Waals surface area contributed by atoms with Gasteiger partial charge in [0.25, 0.3) is 0 Å². The van der Waals surface area contributed by atoms with Gasteiger partial charge in [-0.3, -0.25) is 0 Å². The molecule has 1 rings (SSSR count). The minimum absolute atomic E-state index is 0.0150. The molecule has 0 aliphatic heterocycles. The van der Waals surface area contributed by atoms with Gasteiger partial charge in [0.1, 0.15) is 0 Å². The van der Waals surface area contributed by atoms with E-state index < -0.39 is 0 Å². The van der Waals surface area contributed by atoms with E-state index in [1.807, 2.05) is 0 Å². The fourth-order valence-corrected chi connectivity index (χ4v) is 1.30. The van der Waals surface area contributed by atoms with Gasteiger partial charge in [-0.2, -0.15) is 0 Å². The van der Waals surface area contributed by atoms with Gasteiger partial charge in [0, 0.05) is 5.92 Å². The number of carbonyl (C=O) groups excluding carboxylic acids is 1. The molecule has 0 amide bonds. The van der Waals surface area contributed by atoms with Crippen LogP contribution in [0.5, 0.6) is 0 Å². The molecule has 1 atom stereocenters. The molecule has 3 heteroatoms.